The molecule has 0 bridgehead atoms. The van der Waals surface area contributed by atoms with E-state index in [9.17, 15) is 8.42 Å². The van der Waals surface area contributed by atoms with Crippen molar-refractivity contribution in [3.05, 3.63) is 17.8 Å². The Kier molecular flexibility index (Phi) is 4.15. The second-order valence-corrected chi connectivity index (χ2v) is 6.55. The molecular weight excluding hydrogens is 246 g/mol. The fourth-order valence-electron chi connectivity index (χ4n) is 0.941. The molecule has 0 spiro atoms. The first-order chi connectivity index (χ1) is 7.42. The highest BCUT2D eigenvalue weighted by Crippen LogP contribution is 2.22. The maximum atomic E-state index is 10.9. The summed E-state index contributed by atoms with van der Waals surface area (Å²) in [6.45, 7) is 0. The van der Waals surface area contributed by atoms with Crippen molar-refractivity contribution in [3.8, 4) is 6.07 Å². The number of hydrogen-bond donors (Lipinski definition) is 1. The van der Waals surface area contributed by atoms with Crippen LogP contribution in [0.15, 0.2) is 17.3 Å². The number of nitriles is 1. The zero-order valence-electron chi connectivity index (χ0n) is 8.67. The standard InChI is InChI=1S/C9H11N3O2S2/c1-16(13,14)3-2-15-9-8(11)4-7(5-10)6-12-9/h4,6H,2-3,11H2,1H3. The molecule has 0 saturated heterocycles. The van der Waals surface area contributed by atoms with Gasteiger partial charge < -0.3 is 5.73 Å². The van der Waals surface area contributed by atoms with Gasteiger partial charge in [-0.3, -0.25) is 0 Å². The van der Waals surface area contributed by atoms with E-state index < -0.39 is 9.84 Å². The number of pyridine rings is 1. The lowest BCUT2D eigenvalue weighted by molar-refractivity contribution is 0.603. The van der Waals surface area contributed by atoms with Crippen LogP contribution in [0.4, 0.5) is 5.69 Å². The summed E-state index contributed by atoms with van der Waals surface area (Å²) >= 11 is 1.27. The third-order valence-corrected chi connectivity index (χ3v) is 3.93. The lowest BCUT2D eigenvalue weighted by Gasteiger charge is -2.03. The number of aromatic nitrogens is 1. The van der Waals surface area contributed by atoms with Crippen LogP contribution in [0.2, 0.25) is 0 Å². The number of anilines is 1. The predicted octanol–water partition coefficient (Wildman–Crippen LogP) is 0.672. The minimum atomic E-state index is -2.96. The zero-order chi connectivity index (χ0) is 12.2. The number of sulfone groups is 1. The summed E-state index contributed by atoms with van der Waals surface area (Å²) < 4.78 is 21.8. The van der Waals surface area contributed by atoms with Crippen molar-refractivity contribution in [1.29, 1.82) is 5.26 Å². The Hall–Kier alpha value is -1.26. The molecule has 0 radical (unpaired) electrons. The van der Waals surface area contributed by atoms with Gasteiger partial charge >= 0.3 is 0 Å². The van der Waals surface area contributed by atoms with Gasteiger partial charge in [-0.15, -0.1) is 11.8 Å². The SMILES string of the molecule is CS(=O)(=O)CCSc1ncc(C#N)cc1N. The quantitative estimate of drug-likeness (QED) is 0.796. The van der Waals surface area contributed by atoms with E-state index in [-0.39, 0.29) is 5.75 Å². The topological polar surface area (TPSA) is 96.8 Å². The fourth-order valence-corrected chi connectivity index (χ4v) is 3.03. The third kappa shape index (κ3) is 4.08. The molecule has 7 heteroatoms. The Morgan fingerprint density at radius 2 is 2.31 bits per heavy atom. The first-order valence-electron chi connectivity index (χ1n) is 4.38. The van der Waals surface area contributed by atoms with E-state index in [1.165, 1.54) is 30.3 Å². The highest BCUT2D eigenvalue weighted by Gasteiger charge is 2.06. The molecule has 1 rings (SSSR count). The minimum Gasteiger partial charge on any atom is -0.397 e. The van der Waals surface area contributed by atoms with Crippen molar-refractivity contribution in [2.75, 3.05) is 23.5 Å². The second-order valence-electron chi connectivity index (χ2n) is 3.21. The summed E-state index contributed by atoms with van der Waals surface area (Å²) in [4.78, 5) is 3.99. The number of hydrogen-bond acceptors (Lipinski definition) is 6. The van der Waals surface area contributed by atoms with Crippen molar-refractivity contribution >= 4 is 27.3 Å². The van der Waals surface area contributed by atoms with Crippen LogP contribution >= 0.6 is 11.8 Å². The normalized spacial score (nSPS) is 11.0. The average Bonchev–Trinajstić information content (AvgIpc) is 2.18. The average molecular weight is 257 g/mol. The molecule has 0 amide bonds. The Balaban J connectivity index is 2.66. The number of nitrogens with two attached hydrogens (primary N) is 1. The molecule has 0 unspecified atom stereocenters. The monoisotopic (exact) mass is 257 g/mol. The summed E-state index contributed by atoms with van der Waals surface area (Å²) in [6.07, 6.45) is 2.60. The van der Waals surface area contributed by atoms with E-state index in [4.69, 9.17) is 11.0 Å². The van der Waals surface area contributed by atoms with Gasteiger partial charge in [-0.05, 0) is 6.07 Å². The Morgan fingerprint density at radius 1 is 1.62 bits per heavy atom. The van der Waals surface area contributed by atoms with E-state index in [0.717, 1.165) is 0 Å². The number of rotatable bonds is 4. The highest BCUT2D eigenvalue weighted by atomic mass is 32.2. The highest BCUT2D eigenvalue weighted by molar-refractivity contribution is 8.00. The van der Waals surface area contributed by atoms with Crippen molar-refractivity contribution in [2.45, 2.75) is 5.03 Å². The predicted molar refractivity (Wildman–Crippen MR) is 63.8 cm³/mol. The van der Waals surface area contributed by atoms with Gasteiger partial charge in [-0.1, -0.05) is 0 Å². The van der Waals surface area contributed by atoms with Gasteiger partial charge in [0.1, 0.15) is 20.9 Å². The lowest BCUT2D eigenvalue weighted by Crippen LogP contribution is -2.05. The van der Waals surface area contributed by atoms with Crippen LogP contribution in [-0.2, 0) is 9.84 Å². The molecule has 0 aliphatic rings. The van der Waals surface area contributed by atoms with Crippen LogP contribution < -0.4 is 5.73 Å². The number of nitrogen functional groups attached to an aromatic ring is 1. The maximum absolute atomic E-state index is 10.9. The van der Waals surface area contributed by atoms with E-state index >= 15 is 0 Å². The molecular formula is C9H11N3O2S2. The third-order valence-electron chi connectivity index (χ3n) is 1.70. The molecule has 1 aromatic rings. The van der Waals surface area contributed by atoms with Crippen LogP contribution in [0, 0.1) is 11.3 Å². The molecule has 0 saturated carbocycles. The van der Waals surface area contributed by atoms with Gasteiger partial charge in [0.25, 0.3) is 0 Å². The van der Waals surface area contributed by atoms with E-state index in [0.29, 0.717) is 22.0 Å². The summed E-state index contributed by atoms with van der Waals surface area (Å²) in [6, 6.07) is 3.45. The van der Waals surface area contributed by atoms with E-state index in [1.807, 2.05) is 6.07 Å². The maximum Gasteiger partial charge on any atom is 0.148 e. The molecule has 86 valence electrons. The molecule has 1 heterocycles. The van der Waals surface area contributed by atoms with Crippen molar-refractivity contribution < 1.29 is 8.42 Å². The molecule has 0 atom stereocenters. The van der Waals surface area contributed by atoms with Gasteiger partial charge in [0, 0.05) is 18.2 Å². The van der Waals surface area contributed by atoms with E-state index in [2.05, 4.69) is 4.98 Å². The molecule has 0 aromatic carbocycles. The van der Waals surface area contributed by atoms with Crippen molar-refractivity contribution in [1.82, 2.24) is 4.98 Å². The summed E-state index contributed by atoms with van der Waals surface area (Å²) in [5.41, 5.74) is 6.46. The number of nitrogens with zero attached hydrogens (tertiary/aromatic N) is 2. The van der Waals surface area contributed by atoms with Crippen LogP contribution in [0.1, 0.15) is 5.56 Å². The van der Waals surface area contributed by atoms with E-state index in [1.54, 1.807) is 0 Å². The van der Waals surface area contributed by atoms with Crippen molar-refractivity contribution in [3.63, 3.8) is 0 Å². The largest absolute Gasteiger partial charge is 0.397 e. The summed E-state index contributed by atoms with van der Waals surface area (Å²) in [7, 11) is -2.96. The fraction of sp³-hybridized carbons (Fsp3) is 0.333. The Bertz CT molecular complexity index is 520. The van der Waals surface area contributed by atoms with Gasteiger partial charge in [-0.25, -0.2) is 13.4 Å². The molecule has 1 aromatic heterocycles. The lowest BCUT2D eigenvalue weighted by atomic mass is 10.3. The summed E-state index contributed by atoms with van der Waals surface area (Å²) in [5.74, 6) is 0.487. The van der Waals surface area contributed by atoms with Gasteiger partial charge in [0.2, 0.25) is 0 Å². The molecule has 5 nitrogen and oxygen atoms in total. The second kappa shape index (κ2) is 5.18. The van der Waals surface area contributed by atoms with Crippen molar-refractivity contribution in [2.24, 2.45) is 0 Å². The van der Waals surface area contributed by atoms with Crippen LogP contribution in [0.5, 0.6) is 0 Å². The summed E-state index contributed by atoms with van der Waals surface area (Å²) in [5, 5.41) is 9.16. The molecule has 0 fully saturated rings. The Labute approximate surface area is 98.6 Å². The number of thioether (sulfide) groups is 1. The zero-order valence-corrected chi connectivity index (χ0v) is 10.3. The first-order valence-corrected chi connectivity index (χ1v) is 7.43. The molecule has 0 aliphatic carbocycles. The minimum absolute atomic E-state index is 0.0821. The van der Waals surface area contributed by atoms with Gasteiger partial charge in [-0.2, -0.15) is 5.26 Å². The smallest absolute Gasteiger partial charge is 0.148 e. The first kappa shape index (κ1) is 12.8. The molecule has 2 N–H and O–H groups in total. The van der Waals surface area contributed by atoms with Crippen LogP contribution in [0.25, 0.3) is 0 Å². The molecule has 0 aliphatic heterocycles. The van der Waals surface area contributed by atoms with Crippen LogP contribution in [-0.4, -0.2) is 31.2 Å². The Morgan fingerprint density at radius 3 is 2.81 bits per heavy atom. The van der Waals surface area contributed by atoms with Crippen LogP contribution in [0.3, 0.4) is 0 Å². The molecule has 16 heavy (non-hydrogen) atoms. The van der Waals surface area contributed by atoms with Gasteiger partial charge in [0.05, 0.1) is 17.0 Å². The van der Waals surface area contributed by atoms with Gasteiger partial charge in [0.15, 0.2) is 0 Å².